The molecule has 0 aromatic heterocycles. The second-order valence-electron chi connectivity index (χ2n) is 6.43. The van der Waals surface area contributed by atoms with E-state index in [-0.39, 0.29) is 46.9 Å². The van der Waals surface area contributed by atoms with Gasteiger partial charge in [0.2, 0.25) is 0 Å². The van der Waals surface area contributed by atoms with E-state index in [9.17, 15) is 9.59 Å². The van der Waals surface area contributed by atoms with Crippen LogP contribution in [0.4, 0.5) is 0 Å². The van der Waals surface area contributed by atoms with Crippen molar-refractivity contribution in [1.82, 2.24) is 0 Å². The normalized spacial score (nSPS) is 27.5. The van der Waals surface area contributed by atoms with Gasteiger partial charge in [-0.2, -0.15) is 0 Å². The summed E-state index contributed by atoms with van der Waals surface area (Å²) >= 11 is 6.41. The molecular formula is C20H21ClO6. The molecule has 1 aromatic rings. The van der Waals surface area contributed by atoms with Crippen molar-refractivity contribution < 1.29 is 28.5 Å². The van der Waals surface area contributed by atoms with Gasteiger partial charge in [-0.25, -0.2) is 4.79 Å². The van der Waals surface area contributed by atoms with Gasteiger partial charge in [0.05, 0.1) is 25.3 Å². The number of esters is 1. The summed E-state index contributed by atoms with van der Waals surface area (Å²) in [5.41, 5.74) is 0.457. The number of cyclic esters (lactones) is 1. The van der Waals surface area contributed by atoms with Gasteiger partial charge in [-0.3, -0.25) is 4.79 Å². The number of benzene rings is 1. The van der Waals surface area contributed by atoms with Crippen LogP contribution in [-0.4, -0.2) is 44.3 Å². The summed E-state index contributed by atoms with van der Waals surface area (Å²) < 4.78 is 21.7. The highest BCUT2D eigenvalue weighted by atomic mass is 35.5. The van der Waals surface area contributed by atoms with E-state index in [0.717, 1.165) is 0 Å². The van der Waals surface area contributed by atoms with Gasteiger partial charge in [0, 0.05) is 24.5 Å². The van der Waals surface area contributed by atoms with Crippen LogP contribution in [0.5, 0.6) is 11.5 Å². The molecule has 1 saturated heterocycles. The number of carbonyl (C=O) groups excluding carboxylic acids is 2. The standard InChI is InChI=1S/C20H21ClO6/c1-11-8-15-14(27-15)7-5-4-6-12(22)9-13-18(20(23)26-11)16(24-2)10-17(25-3)19(13)21/h4-7,10-11,14-15H,8-9H2,1-3H3/b6-4-,7-5+. The number of rotatable bonds is 2. The van der Waals surface area contributed by atoms with Gasteiger partial charge in [-0.1, -0.05) is 29.8 Å². The van der Waals surface area contributed by atoms with Gasteiger partial charge in [-0.05, 0) is 13.0 Å². The number of allylic oxidation sites excluding steroid dienone is 3. The third-order valence-electron chi connectivity index (χ3n) is 4.47. The molecule has 3 atom stereocenters. The molecule has 1 aromatic carbocycles. The van der Waals surface area contributed by atoms with Gasteiger partial charge < -0.3 is 18.9 Å². The Hall–Kier alpha value is -2.31. The fourth-order valence-electron chi connectivity index (χ4n) is 3.06. The fraction of sp³-hybridized carbons (Fsp3) is 0.400. The Bertz CT molecular complexity index is 813. The second-order valence-corrected chi connectivity index (χ2v) is 6.80. The molecule has 1 fully saturated rings. The number of methoxy groups -OCH3 is 2. The molecule has 0 N–H and O–H groups in total. The maximum atomic E-state index is 12.9. The van der Waals surface area contributed by atoms with Gasteiger partial charge in [0.15, 0.2) is 5.78 Å². The molecule has 27 heavy (non-hydrogen) atoms. The van der Waals surface area contributed by atoms with Crippen LogP contribution in [0, 0.1) is 0 Å². The van der Waals surface area contributed by atoms with Crippen LogP contribution < -0.4 is 9.47 Å². The average Bonchev–Trinajstić information content (AvgIpc) is 3.36. The largest absolute Gasteiger partial charge is 0.496 e. The van der Waals surface area contributed by atoms with Gasteiger partial charge in [0.1, 0.15) is 29.3 Å². The molecule has 0 saturated carbocycles. The zero-order chi connectivity index (χ0) is 19.6. The summed E-state index contributed by atoms with van der Waals surface area (Å²) in [6.45, 7) is 1.80. The van der Waals surface area contributed by atoms with Crippen molar-refractivity contribution in [3.63, 3.8) is 0 Å². The predicted molar refractivity (Wildman–Crippen MR) is 99.7 cm³/mol. The monoisotopic (exact) mass is 392 g/mol. The number of carbonyl (C=O) groups is 2. The van der Waals surface area contributed by atoms with Crippen LogP contribution >= 0.6 is 11.6 Å². The van der Waals surface area contributed by atoms with Gasteiger partial charge in [0.25, 0.3) is 0 Å². The van der Waals surface area contributed by atoms with Crippen LogP contribution in [0.1, 0.15) is 29.3 Å². The van der Waals surface area contributed by atoms with Crippen LogP contribution in [-0.2, 0) is 20.7 Å². The lowest BCUT2D eigenvalue weighted by Gasteiger charge is -2.19. The van der Waals surface area contributed by atoms with Crippen molar-refractivity contribution in [2.75, 3.05) is 14.2 Å². The number of halogens is 1. The number of hydrogen-bond donors (Lipinski definition) is 0. The summed E-state index contributed by atoms with van der Waals surface area (Å²) in [4.78, 5) is 25.2. The Labute approximate surface area is 162 Å². The molecule has 0 spiro atoms. The number of fused-ring (bicyclic) bond motifs is 2. The minimum absolute atomic E-state index is 0.00286. The van der Waals surface area contributed by atoms with E-state index < -0.39 is 5.97 Å². The summed E-state index contributed by atoms with van der Waals surface area (Å²) in [6, 6.07) is 1.51. The van der Waals surface area contributed by atoms with Crippen LogP contribution in [0.3, 0.4) is 0 Å². The van der Waals surface area contributed by atoms with Crippen molar-refractivity contribution in [2.45, 2.75) is 38.1 Å². The third kappa shape index (κ3) is 4.34. The summed E-state index contributed by atoms with van der Waals surface area (Å²) in [6.07, 6.45) is 6.84. The smallest absolute Gasteiger partial charge is 0.342 e. The highest BCUT2D eigenvalue weighted by molar-refractivity contribution is 6.33. The molecule has 2 heterocycles. The molecule has 6 nitrogen and oxygen atoms in total. The molecule has 0 radical (unpaired) electrons. The number of epoxide rings is 1. The molecule has 2 aliphatic heterocycles. The Kier molecular flexibility index (Phi) is 5.87. The zero-order valence-electron chi connectivity index (χ0n) is 15.4. The first-order chi connectivity index (χ1) is 12.9. The molecule has 0 bridgehead atoms. The lowest BCUT2D eigenvalue weighted by molar-refractivity contribution is -0.114. The lowest BCUT2D eigenvalue weighted by atomic mass is 9.99. The summed E-state index contributed by atoms with van der Waals surface area (Å²) in [7, 11) is 2.88. The Morgan fingerprint density at radius 3 is 2.59 bits per heavy atom. The zero-order valence-corrected chi connectivity index (χ0v) is 16.1. The van der Waals surface area contributed by atoms with E-state index in [0.29, 0.717) is 17.7 Å². The van der Waals surface area contributed by atoms with Crippen LogP contribution in [0.15, 0.2) is 30.4 Å². The Balaban J connectivity index is 2.06. The Morgan fingerprint density at radius 2 is 1.89 bits per heavy atom. The lowest BCUT2D eigenvalue weighted by Crippen LogP contribution is -2.20. The highest BCUT2D eigenvalue weighted by Crippen LogP contribution is 2.39. The van der Waals surface area contributed by atoms with E-state index in [4.69, 9.17) is 30.5 Å². The Morgan fingerprint density at radius 1 is 1.15 bits per heavy atom. The minimum Gasteiger partial charge on any atom is -0.496 e. The van der Waals surface area contributed by atoms with E-state index in [2.05, 4.69) is 0 Å². The minimum atomic E-state index is -0.597. The molecule has 7 heteroatoms. The number of ether oxygens (including phenoxy) is 4. The van der Waals surface area contributed by atoms with Gasteiger partial charge in [-0.15, -0.1) is 0 Å². The SMILES string of the molecule is COc1cc(OC)c2c(c1Cl)CC(=O)/C=C\C=C\C1OC1CC(C)OC2=O. The van der Waals surface area contributed by atoms with E-state index in [1.807, 2.05) is 6.08 Å². The predicted octanol–water partition coefficient (Wildman–Crippen LogP) is 3.30. The number of hydrogen-bond acceptors (Lipinski definition) is 6. The van der Waals surface area contributed by atoms with E-state index in [1.165, 1.54) is 26.4 Å². The van der Waals surface area contributed by atoms with Crippen LogP contribution in [0.2, 0.25) is 5.02 Å². The quantitative estimate of drug-likeness (QED) is 0.568. The average molecular weight is 393 g/mol. The summed E-state index contributed by atoms with van der Waals surface area (Å²) in [5, 5.41) is 0.188. The molecule has 144 valence electrons. The first-order valence-electron chi connectivity index (χ1n) is 8.62. The third-order valence-corrected chi connectivity index (χ3v) is 4.89. The molecule has 2 aliphatic rings. The summed E-state index contributed by atoms with van der Waals surface area (Å²) in [5.74, 6) is -0.252. The van der Waals surface area contributed by atoms with Crippen LogP contribution in [0.25, 0.3) is 0 Å². The first-order valence-corrected chi connectivity index (χ1v) is 8.99. The fourth-order valence-corrected chi connectivity index (χ4v) is 3.36. The topological polar surface area (TPSA) is 74.4 Å². The number of ketones is 1. The second kappa shape index (κ2) is 8.15. The molecular weight excluding hydrogens is 372 g/mol. The molecule has 3 unspecified atom stereocenters. The molecule has 0 amide bonds. The highest BCUT2D eigenvalue weighted by Gasteiger charge is 2.38. The van der Waals surface area contributed by atoms with Gasteiger partial charge >= 0.3 is 5.97 Å². The van der Waals surface area contributed by atoms with Crippen molar-refractivity contribution in [3.8, 4) is 11.5 Å². The maximum absolute atomic E-state index is 12.9. The van der Waals surface area contributed by atoms with Crippen molar-refractivity contribution in [3.05, 3.63) is 46.5 Å². The molecule has 3 rings (SSSR count). The van der Waals surface area contributed by atoms with Crippen molar-refractivity contribution in [2.24, 2.45) is 0 Å². The van der Waals surface area contributed by atoms with E-state index >= 15 is 0 Å². The van der Waals surface area contributed by atoms with Crippen molar-refractivity contribution in [1.29, 1.82) is 0 Å². The molecule has 0 aliphatic carbocycles. The first kappa shape index (κ1) is 19.5. The van der Waals surface area contributed by atoms with Crippen molar-refractivity contribution >= 4 is 23.4 Å². The van der Waals surface area contributed by atoms with E-state index in [1.54, 1.807) is 19.1 Å². The maximum Gasteiger partial charge on any atom is 0.342 e.